The van der Waals surface area contributed by atoms with Crippen molar-refractivity contribution in [2.45, 2.75) is 51.4 Å². The number of likely N-dealkylation sites (tertiary alicyclic amines) is 1. The first-order chi connectivity index (χ1) is 16.1. The number of aromatic nitrogens is 1. The van der Waals surface area contributed by atoms with Crippen molar-refractivity contribution in [3.05, 3.63) is 54.6 Å². The molecule has 0 aliphatic carbocycles. The van der Waals surface area contributed by atoms with E-state index in [9.17, 15) is 15.0 Å². The molecular weight excluding hydrogens is 436 g/mol. The number of carboxylic acids is 1. The third-order valence-electron chi connectivity index (χ3n) is 5.67. The van der Waals surface area contributed by atoms with Gasteiger partial charge in [0.2, 0.25) is 6.41 Å². The Morgan fingerprint density at radius 2 is 1.88 bits per heavy atom. The highest BCUT2D eigenvalue weighted by atomic mass is 16.6. The number of aliphatic hydroxyl groups excluding tert-OH is 1. The molecule has 3 atom stereocenters. The van der Waals surface area contributed by atoms with Crippen molar-refractivity contribution in [1.29, 1.82) is 0 Å². The van der Waals surface area contributed by atoms with Crippen molar-refractivity contribution < 1.29 is 29.2 Å². The fraction of sp³-hybridized carbons (Fsp3) is 0.385. The van der Waals surface area contributed by atoms with E-state index in [2.05, 4.69) is 0 Å². The van der Waals surface area contributed by atoms with Gasteiger partial charge in [0, 0.05) is 36.0 Å². The molecule has 0 bridgehead atoms. The summed E-state index contributed by atoms with van der Waals surface area (Å²) in [6, 6.07) is 16.3. The van der Waals surface area contributed by atoms with Crippen LogP contribution in [0, 0.1) is 0 Å². The minimum Gasteiger partial charge on any atom is -0.497 e. The molecule has 0 amide bonds. The molecular formula is C26H30N2O6. The zero-order chi connectivity index (χ0) is 24.5. The van der Waals surface area contributed by atoms with Crippen LogP contribution in [0.4, 0.5) is 0 Å². The zero-order valence-corrected chi connectivity index (χ0v) is 19.8. The number of aliphatic carboxylic acids is 1. The summed E-state index contributed by atoms with van der Waals surface area (Å²) in [4.78, 5) is 18.1. The molecule has 1 aliphatic rings. The minimum atomic E-state index is -1.35. The van der Waals surface area contributed by atoms with Gasteiger partial charge in [-0.3, -0.25) is 4.79 Å². The van der Waals surface area contributed by atoms with Gasteiger partial charge >= 0.3 is 5.97 Å². The van der Waals surface area contributed by atoms with Crippen molar-refractivity contribution in [1.82, 2.24) is 9.88 Å². The number of benzene rings is 2. The van der Waals surface area contributed by atoms with E-state index >= 15 is 0 Å². The van der Waals surface area contributed by atoms with Crippen LogP contribution in [0.1, 0.15) is 27.2 Å². The predicted molar refractivity (Wildman–Crippen MR) is 128 cm³/mol. The summed E-state index contributed by atoms with van der Waals surface area (Å²) in [7, 11) is 1.60. The van der Waals surface area contributed by atoms with Gasteiger partial charge in [-0.1, -0.05) is 30.3 Å². The SMILES string of the molecule is COc1ccc2c(OC3CC(C(=O)O)N(C(O)OC(C)(C)C)C3)cc(-c3ccccc3)nc2c1. The summed E-state index contributed by atoms with van der Waals surface area (Å²) in [5, 5.41) is 21.1. The fourth-order valence-corrected chi connectivity index (χ4v) is 4.11. The first kappa shape index (κ1) is 23.9. The summed E-state index contributed by atoms with van der Waals surface area (Å²) in [5.74, 6) is 0.238. The quantitative estimate of drug-likeness (QED) is 0.506. The molecule has 8 nitrogen and oxygen atoms in total. The van der Waals surface area contributed by atoms with Crippen LogP contribution in [0.15, 0.2) is 54.6 Å². The third-order valence-corrected chi connectivity index (χ3v) is 5.67. The van der Waals surface area contributed by atoms with Crippen LogP contribution in [0.25, 0.3) is 22.2 Å². The lowest BCUT2D eigenvalue weighted by atomic mass is 10.1. The van der Waals surface area contributed by atoms with Crippen LogP contribution >= 0.6 is 0 Å². The Labute approximate surface area is 198 Å². The Hall–Kier alpha value is -3.20. The second-order valence-corrected chi connectivity index (χ2v) is 9.34. The van der Waals surface area contributed by atoms with Crippen LogP contribution in [0.3, 0.4) is 0 Å². The van der Waals surface area contributed by atoms with Crippen molar-refractivity contribution in [3.63, 3.8) is 0 Å². The third kappa shape index (κ3) is 5.30. The number of pyridine rings is 1. The Kier molecular flexibility index (Phi) is 6.74. The number of carboxylic acid groups (broad SMARTS) is 1. The van der Waals surface area contributed by atoms with Gasteiger partial charge in [0.15, 0.2) is 0 Å². The lowest BCUT2D eigenvalue weighted by molar-refractivity contribution is -0.243. The first-order valence-corrected chi connectivity index (χ1v) is 11.2. The zero-order valence-electron chi connectivity index (χ0n) is 19.8. The van der Waals surface area contributed by atoms with Crippen LogP contribution in [-0.4, -0.2) is 63.9 Å². The van der Waals surface area contributed by atoms with Crippen molar-refractivity contribution in [3.8, 4) is 22.8 Å². The van der Waals surface area contributed by atoms with Gasteiger partial charge in [0.1, 0.15) is 23.6 Å². The first-order valence-electron chi connectivity index (χ1n) is 11.2. The molecule has 0 saturated carbocycles. The van der Waals surface area contributed by atoms with E-state index in [1.807, 2.05) is 54.6 Å². The standard InChI is InChI=1S/C26H30N2O6/c1-26(2,3)34-25(31)28-15-18(13-22(28)24(29)30)33-23-14-20(16-8-6-5-7-9-16)27-21-12-17(32-4)10-11-19(21)23/h5-12,14,18,22,25,31H,13,15H2,1-4H3,(H,29,30). The number of nitrogens with zero attached hydrogens (tertiary/aromatic N) is 2. The molecule has 2 N–H and O–H groups in total. The molecule has 180 valence electrons. The number of aliphatic hydroxyl groups is 1. The predicted octanol–water partition coefficient (Wildman–Crippen LogP) is 3.91. The molecule has 8 heteroatoms. The summed E-state index contributed by atoms with van der Waals surface area (Å²) in [6.45, 7) is 5.62. The fourth-order valence-electron chi connectivity index (χ4n) is 4.11. The van der Waals surface area contributed by atoms with Gasteiger partial charge in [-0.05, 0) is 32.9 Å². The molecule has 34 heavy (non-hydrogen) atoms. The number of carbonyl (C=O) groups is 1. The Bertz CT molecular complexity index is 1160. The van der Waals surface area contributed by atoms with E-state index in [0.717, 1.165) is 16.6 Å². The van der Waals surface area contributed by atoms with Gasteiger partial charge < -0.3 is 24.4 Å². The second-order valence-electron chi connectivity index (χ2n) is 9.34. The minimum absolute atomic E-state index is 0.203. The molecule has 3 aromatic rings. The van der Waals surface area contributed by atoms with E-state index in [-0.39, 0.29) is 13.0 Å². The molecule has 2 aromatic carbocycles. The van der Waals surface area contributed by atoms with Crippen LogP contribution in [0.5, 0.6) is 11.5 Å². The van der Waals surface area contributed by atoms with Crippen molar-refractivity contribution in [2.75, 3.05) is 13.7 Å². The van der Waals surface area contributed by atoms with Gasteiger partial charge in [-0.25, -0.2) is 9.88 Å². The van der Waals surface area contributed by atoms with E-state index in [1.165, 1.54) is 4.90 Å². The second kappa shape index (κ2) is 9.58. The maximum absolute atomic E-state index is 11.9. The number of hydrogen-bond donors (Lipinski definition) is 2. The number of rotatable bonds is 7. The van der Waals surface area contributed by atoms with E-state index in [4.69, 9.17) is 19.2 Å². The lowest BCUT2D eigenvalue weighted by Crippen LogP contribution is -2.47. The molecule has 0 spiro atoms. The molecule has 1 fully saturated rings. The van der Waals surface area contributed by atoms with Gasteiger partial charge in [0.05, 0.1) is 23.9 Å². The maximum atomic E-state index is 11.9. The Morgan fingerprint density at radius 3 is 2.53 bits per heavy atom. The highest BCUT2D eigenvalue weighted by Gasteiger charge is 2.43. The van der Waals surface area contributed by atoms with Gasteiger partial charge in [0.25, 0.3) is 0 Å². The summed E-state index contributed by atoms with van der Waals surface area (Å²) in [5.41, 5.74) is 1.74. The molecule has 1 aliphatic heterocycles. The van der Waals surface area contributed by atoms with Crippen LogP contribution in [-0.2, 0) is 9.53 Å². The molecule has 3 unspecified atom stereocenters. The topological polar surface area (TPSA) is 101 Å². The summed E-state index contributed by atoms with van der Waals surface area (Å²) in [6.07, 6.45) is -1.61. The monoisotopic (exact) mass is 466 g/mol. The molecule has 4 rings (SSSR count). The average molecular weight is 467 g/mol. The van der Waals surface area contributed by atoms with Crippen LogP contribution < -0.4 is 9.47 Å². The number of fused-ring (bicyclic) bond motifs is 1. The molecule has 1 saturated heterocycles. The summed E-state index contributed by atoms with van der Waals surface area (Å²) >= 11 is 0. The van der Waals surface area contributed by atoms with E-state index < -0.39 is 30.1 Å². The molecule has 2 heterocycles. The van der Waals surface area contributed by atoms with Gasteiger partial charge in [-0.15, -0.1) is 0 Å². The number of hydrogen-bond acceptors (Lipinski definition) is 7. The summed E-state index contributed by atoms with van der Waals surface area (Å²) < 4.78 is 17.3. The number of ether oxygens (including phenoxy) is 3. The normalized spacial score (nSPS) is 19.8. The average Bonchev–Trinajstić information content (AvgIpc) is 3.22. The molecule has 1 aromatic heterocycles. The lowest BCUT2D eigenvalue weighted by Gasteiger charge is -2.31. The largest absolute Gasteiger partial charge is 0.497 e. The van der Waals surface area contributed by atoms with Crippen LogP contribution in [0.2, 0.25) is 0 Å². The van der Waals surface area contributed by atoms with Crippen molar-refractivity contribution in [2.24, 2.45) is 0 Å². The van der Waals surface area contributed by atoms with E-state index in [1.54, 1.807) is 27.9 Å². The number of methoxy groups -OCH3 is 1. The highest BCUT2D eigenvalue weighted by Crippen LogP contribution is 2.35. The molecule has 0 radical (unpaired) electrons. The highest BCUT2D eigenvalue weighted by molar-refractivity contribution is 5.89. The van der Waals surface area contributed by atoms with E-state index in [0.29, 0.717) is 17.0 Å². The smallest absolute Gasteiger partial charge is 0.321 e. The van der Waals surface area contributed by atoms with Crippen molar-refractivity contribution >= 4 is 16.9 Å². The van der Waals surface area contributed by atoms with Gasteiger partial charge in [-0.2, -0.15) is 0 Å². The Balaban J connectivity index is 1.67. The Morgan fingerprint density at radius 1 is 1.15 bits per heavy atom. The maximum Gasteiger partial charge on any atom is 0.321 e.